The van der Waals surface area contributed by atoms with Gasteiger partial charge in [0.15, 0.2) is 0 Å². The van der Waals surface area contributed by atoms with Crippen LogP contribution in [-0.2, 0) is 6.42 Å². The standard InChI is InChI=1S/C13H11ClF2O/c1-2-9-4-6-12(17-9)13(14)10-5-3-8(15)7-11(10)16/h3-7,13H,2H2,1H3. The SMILES string of the molecule is CCc1ccc(C(Cl)c2ccc(F)cc2F)o1. The molecule has 0 amide bonds. The topological polar surface area (TPSA) is 13.1 Å². The zero-order valence-electron chi connectivity index (χ0n) is 9.21. The summed E-state index contributed by atoms with van der Waals surface area (Å²) in [6.45, 7) is 1.95. The van der Waals surface area contributed by atoms with Crippen molar-refractivity contribution in [2.45, 2.75) is 18.7 Å². The fourth-order valence-corrected chi connectivity index (χ4v) is 1.88. The van der Waals surface area contributed by atoms with Crippen LogP contribution >= 0.6 is 11.6 Å². The molecule has 1 atom stereocenters. The van der Waals surface area contributed by atoms with Crippen molar-refractivity contribution in [2.24, 2.45) is 0 Å². The zero-order valence-corrected chi connectivity index (χ0v) is 9.97. The Morgan fingerprint density at radius 1 is 1.24 bits per heavy atom. The normalized spacial score (nSPS) is 12.7. The van der Waals surface area contributed by atoms with Crippen molar-refractivity contribution in [1.29, 1.82) is 0 Å². The summed E-state index contributed by atoms with van der Waals surface area (Å²) in [5, 5.41) is -0.740. The summed E-state index contributed by atoms with van der Waals surface area (Å²) in [6.07, 6.45) is 0.746. The van der Waals surface area contributed by atoms with Crippen LogP contribution in [-0.4, -0.2) is 0 Å². The van der Waals surface area contributed by atoms with Crippen molar-refractivity contribution in [3.63, 3.8) is 0 Å². The van der Waals surface area contributed by atoms with Gasteiger partial charge in [0.05, 0.1) is 0 Å². The molecule has 0 aliphatic rings. The van der Waals surface area contributed by atoms with Gasteiger partial charge in [0.1, 0.15) is 28.5 Å². The van der Waals surface area contributed by atoms with Gasteiger partial charge in [0.25, 0.3) is 0 Å². The van der Waals surface area contributed by atoms with Crippen LogP contribution in [0.25, 0.3) is 0 Å². The molecule has 0 aliphatic carbocycles. The molecule has 0 radical (unpaired) electrons. The highest BCUT2D eigenvalue weighted by molar-refractivity contribution is 6.22. The Bertz CT molecular complexity index is 522. The molecule has 17 heavy (non-hydrogen) atoms. The van der Waals surface area contributed by atoms with Gasteiger partial charge in [-0.05, 0) is 18.2 Å². The van der Waals surface area contributed by atoms with E-state index in [-0.39, 0.29) is 5.56 Å². The molecular weight excluding hydrogens is 246 g/mol. The Morgan fingerprint density at radius 3 is 2.59 bits per heavy atom. The van der Waals surface area contributed by atoms with E-state index in [1.54, 1.807) is 12.1 Å². The second-order valence-electron chi connectivity index (χ2n) is 3.69. The third-order valence-corrected chi connectivity index (χ3v) is 2.97. The summed E-state index contributed by atoms with van der Waals surface area (Å²) in [7, 11) is 0. The molecule has 1 unspecified atom stereocenters. The molecule has 2 aromatic rings. The van der Waals surface area contributed by atoms with E-state index >= 15 is 0 Å². The van der Waals surface area contributed by atoms with Crippen molar-refractivity contribution in [2.75, 3.05) is 0 Å². The number of benzene rings is 1. The number of rotatable bonds is 3. The lowest BCUT2D eigenvalue weighted by Crippen LogP contribution is -1.96. The van der Waals surface area contributed by atoms with Crippen LogP contribution in [0.15, 0.2) is 34.7 Å². The van der Waals surface area contributed by atoms with Gasteiger partial charge in [-0.15, -0.1) is 11.6 Å². The second-order valence-corrected chi connectivity index (χ2v) is 4.12. The minimum absolute atomic E-state index is 0.213. The van der Waals surface area contributed by atoms with E-state index in [2.05, 4.69) is 0 Å². The first-order chi connectivity index (χ1) is 8.11. The van der Waals surface area contributed by atoms with Crippen molar-refractivity contribution in [1.82, 2.24) is 0 Å². The predicted molar refractivity (Wildman–Crippen MR) is 62.1 cm³/mol. The van der Waals surface area contributed by atoms with Gasteiger partial charge in [-0.3, -0.25) is 0 Å². The van der Waals surface area contributed by atoms with Gasteiger partial charge in [-0.25, -0.2) is 8.78 Å². The smallest absolute Gasteiger partial charge is 0.131 e. The molecule has 90 valence electrons. The number of aryl methyl sites for hydroxylation is 1. The Kier molecular flexibility index (Phi) is 3.48. The predicted octanol–water partition coefficient (Wildman–Crippen LogP) is 4.45. The molecule has 1 heterocycles. The maximum atomic E-state index is 13.5. The molecule has 2 rings (SSSR count). The van der Waals surface area contributed by atoms with Gasteiger partial charge in [0.2, 0.25) is 0 Å². The quantitative estimate of drug-likeness (QED) is 0.740. The zero-order chi connectivity index (χ0) is 12.4. The van der Waals surface area contributed by atoms with E-state index in [4.69, 9.17) is 16.0 Å². The number of hydrogen-bond donors (Lipinski definition) is 0. The summed E-state index contributed by atoms with van der Waals surface area (Å²) in [4.78, 5) is 0. The first-order valence-corrected chi connectivity index (χ1v) is 5.73. The molecule has 0 spiro atoms. The first kappa shape index (κ1) is 12.1. The van der Waals surface area contributed by atoms with Crippen molar-refractivity contribution >= 4 is 11.6 Å². The molecular formula is C13H11ClF2O. The largest absolute Gasteiger partial charge is 0.464 e. The maximum Gasteiger partial charge on any atom is 0.131 e. The lowest BCUT2D eigenvalue weighted by atomic mass is 10.1. The summed E-state index contributed by atoms with van der Waals surface area (Å²) in [6, 6.07) is 6.83. The Balaban J connectivity index is 2.33. The van der Waals surface area contributed by atoms with Crippen molar-refractivity contribution in [3.8, 4) is 0 Å². The molecule has 1 nitrogen and oxygen atoms in total. The van der Waals surface area contributed by atoms with E-state index < -0.39 is 17.0 Å². The van der Waals surface area contributed by atoms with Crippen molar-refractivity contribution in [3.05, 3.63) is 59.1 Å². The second kappa shape index (κ2) is 4.88. The maximum absolute atomic E-state index is 13.5. The number of halogens is 3. The summed E-state index contributed by atoms with van der Waals surface area (Å²) >= 11 is 6.10. The summed E-state index contributed by atoms with van der Waals surface area (Å²) in [5.74, 6) is -0.0366. The molecule has 0 aliphatic heterocycles. The molecule has 1 aromatic carbocycles. The van der Waals surface area contributed by atoms with E-state index in [9.17, 15) is 8.78 Å². The fourth-order valence-electron chi connectivity index (χ4n) is 1.58. The third-order valence-electron chi connectivity index (χ3n) is 2.52. The average Bonchev–Trinajstić information content (AvgIpc) is 2.76. The lowest BCUT2D eigenvalue weighted by Gasteiger charge is -2.08. The average molecular weight is 257 g/mol. The molecule has 1 aromatic heterocycles. The highest BCUT2D eigenvalue weighted by Gasteiger charge is 2.18. The highest BCUT2D eigenvalue weighted by atomic mass is 35.5. The van der Waals surface area contributed by atoms with E-state index in [0.29, 0.717) is 5.76 Å². The fraction of sp³-hybridized carbons (Fsp3) is 0.231. The van der Waals surface area contributed by atoms with Gasteiger partial charge in [-0.2, -0.15) is 0 Å². The molecule has 0 fully saturated rings. The minimum atomic E-state index is -0.740. The van der Waals surface area contributed by atoms with E-state index in [1.165, 1.54) is 12.1 Å². The van der Waals surface area contributed by atoms with Crippen LogP contribution in [0.1, 0.15) is 29.4 Å². The van der Waals surface area contributed by atoms with E-state index in [0.717, 1.165) is 18.2 Å². The van der Waals surface area contributed by atoms with Crippen LogP contribution in [0.2, 0.25) is 0 Å². The Labute approximate surface area is 103 Å². The van der Waals surface area contributed by atoms with E-state index in [1.807, 2.05) is 6.92 Å². The first-order valence-electron chi connectivity index (χ1n) is 5.29. The molecule has 4 heteroatoms. The monoisotopic (exact) mass is 256 g/mol. The Morgan fingerprint density at radius 2 is 2.00 bits per heavy atom. The van der Waals surface area contributed by atoms with Crippen LogP contribution in [0.3, 0.4) is 0 Å². The minimum Gasteiger partial charge on any atom is -0.464 e. The van der Waals surface area contributed by atoms with Crippen LogP contribution in [0, 0.1) is 11.6 Å². The number of hydrogen-bond acceptors (Lipinski definition) is 1. The summed E-state index contributed by atoms with van der Waals surface area (Å²) < 4.78 is 31.7. The van der Waals surface area contributed by atoms with Gasteiger partial charge >= 0.3 is 0 Å². The third kappa shape index (κ3) is 2.50. The number of furan rings is 1. The molecule has 0 saturated heterocycles. The van der Waals surface area contributed by atoms with Crippen LogP contribution in [0.4, 0.5) is 8.78 Å². The lowest BCUT2D eigenvalue weighted by molar-refractivity contribution is 0.470. The molecule has 0 N–H and O–H groups in total. The van der Waals surface area contributed by atoms with Gasteiger partial charge in [0, 0.05) is 18.1 Å². The Hall–Kier alpha value is -1.35. The number of alkyl halides is 1. The van der Waals surface area contributed by atoms with Gasteiger partial charge in [-0.1, -0.05) is 13.0 Å². The van der Waals surface area contributed by atoms with Gasteiger partial charge < -0.3 is 4.42 Å². The molecule has 0 saturated carbocycles. The van der Waals surface area contributed by atoms with Crippen molar-refractivity contribution < 1.29 is 13.2 Å². The highest BCUT2D eigenvalue weighted by Crippen LogP contribution is 2.32. The molecule has 0 bridgehead atoms. The summed E-state index contributed by atoms with van der Waals surface area (Å²) in [5.41, 5.74) is 0.213. The van der Waals surface area contributed by atoms with Crippen LogP contribution < -0.4 is 0 Å². The van der Waals surface area contributed by atoms with Crippen LogP contribution in [0.5, 0.6) is 0 Å².